The maximum atomic E-state index is 10.8. The van der Waals surface area contributed by atoms with E-state index in [2.05, 4.69) is 4.98 Å². The number of carbonyl (C=O) groups is 1. The van der Waals surface area contributed by atoms with Gasteiger partial charge in [-0.05, 0) is 31.5 Å². The lowest BCUT2D eigenvalue weighted by Crippen LogP contribution is -2.46. The van der Waals surface area contributed by atoms with E-state index in [0.29, 0.717) is 0 Å². The quantitative estimate of drug-likeness (QED) is 0.815. The molecule has 1 heterocycles. The van der Waals surface area contributed by atoms with E-state index in [-0.39, 0.29) is 0 Å². The van der Waals surface area contributed by atoms with Gasteiger partial charge in [-0.2, -0.15) is 0 Å². The molecular weight excluding hydrogens is 224 g/mol. The van der Waals surface area contributed by atoms with Crippen LogP contribution in [-0.4, -0.2) is 26.8 Å². The Balaban J connectivity index is 2.57. The molecule has 0 spiro atoms. The first-order valence-corrected chi connectivity index (χ1v) is 5.93. The van der Waals surface area contributed by atoms with Crippen molar-refractivity contribution in [2.45, 2.75) is 30.4 Å². The first-order valence-electron chi connectivity index (χ1n) is 4.95. The van der Waals surface area contributed by atoms with Crippen molar-refractivity contribution < 1.29 is 9.90 Å². The summed E-state index contributed by atoms with van der Waals surface area (Å²) >= 11 is 1.53. The zero-order valence-corrected chi connectivity index (χ0v) is 10.2. The largest absolute Gasteiger partial charge is 0.480 e. The van der Waals surface area contributed by atoms with Crippen LogP contribution in [0.3, 0.4) is 0 Å². The van der Waals surface area contributed by atoms with Gasteiger partial charge in [-0.1, -0.05) is 0 Å². The highest BCUT2D eigenvalue weighted by molar-refractivity contribution is 7.99. The number of nitrogens with two attached hydrogens (primary N) is 1. The maximum absolute atomic E-state index is 10.8. The van der Waals surface area contributed by atoms with E-state index in [0.717, 1.165) is 11.3 Å². The minimum atomic E-state index is -0.966. The van der Waals surface area contributed by atoms with Gasteiger partial charge in [0.05, 0.1) is 0 Å². The van der Waals surface area contributed by atoms with E-state index in [4.69, 9.17) is 10.8 Å². The summed E-state index contributed by atoms with van der Waals surface area (Å²) in [6.07, 6.45) is 3.44. The summed E-state index contributed by atoms with van der Waals surface area (Å²) in [5.74, 6) is -0.233. The summed E-state index contributed by atoms with van der Waals surface area (Å²) in [5.41, 5.74) is 6.74. The molecule has 1 aromatic rings. The van der Waals surface area contributed by atoms with Gasteiger partial charge in [-0.15, -0.1) is 11.8 Å². The number of aliphatic carboxylic acids is 1. The molecule has 1 rings (SSSR count). The van der Waals surface area contributed by atoms with Crippen LogP contribution in [0, 0.1) is 0 Å². The van der Waals surface area contributed by atoms with Gasteiger partial charge in [0.25, 0.3) is 0 Å². The Morgan fingerprint density at radius 3 is 2.62 bits per heavy atom. The van der Waals surface area contributed by atoms with Gasteiger partial charge in [0.1, 0.15) is 6.04 Å². The Labute approximate surface area is 99.3 Å². The number of hydrogen-bond acceptors (Lipinski definition) is 4. The predicted octanol–water partition coefficient (Wildman–Crippen LogP) is 1.51. The Hall–Kier alpha value is -1.07. The van der Waals surface area contributed by atoms with Crippen LogP contribution < -0.4 is 5.73 Å². The highest BCUT2D eigenvalue weighted by atomic mass is 32.2. The molecule has 0 bridgehead atoms. The van der Waals surface area contributed by atoms with Gasteiger partial charge in [0.15, 0.2) is 0 Å². The minimum absolute atomic E-state index is 0.491. The van der Waals surface area contributed by atoms with E-state index < -0.39 is 16.8 Å². The van der Waals surface area contributed by atoms with Crippen LogP contribution in [-0.2, 0) is 10.5 Å². The first kappa shape index (κ1) is 13.0. The van der Waals surface area contributed by atoms with Crippen molar-refractivity contribution in [3.8, 4) is 0 Å². The van der Waals surface area contributed by atoms with Crippen molar-refractivity contribution >= 4 is 17.7 Å². The van der Waals surface area contributed by atoms with Crippen LogP contribution in [0.1, 0.15) is 19.4 Å². The monoisotopic (exact) mass is 240 g/mol. The molecule has 3 N–H and O–H groups in total. The van der Waals surface area contributed by atoms with Gasteiger partial charge in [0, 0.05) is 22.9 Å². The molecule has 0 fully saturated rings. The number of nitrogens with zero attached hydrogens (tertiary/aromatic N) is 1. The molecule has 0 aliphatic rings. The molecule has 5 heteroatoms. The smallest absolute Gasteiger partial charge is 0.321 e. The molecule has 0 saturated carbocycles. The summed E-state index contributed by atoms with van der Waals surface area (Å²) in [4.78, 5) is 14.7. The van der Waals surface area contributed by atoms with E-state index >= 15 is 0 Å². The van der Waals surface area contributed by atoms with Crippen LogP contribution >= 0.6 is 11.8 Å². The fourth-order valence-corrected chi connectivity index (χ4v) is 2.15. The van der Waals surface area contributed by atoms with Crippen molar-refractivity contribution in [2.24, 2.45) is 5.73 Å². The minimum Gasteiger partial charge on any atom is -0.480 e. The molecule has 0 amide bonds. The Kier molecular flexibility index (Phi) is 4.32. The molecule has 4 nitrogen and oxygen atoms in total. The molecule has 0 aliphatic heterocycles. The van der Waals surface area contributed by atoms with E-state index in [1.807, 2.05) is 26.0 Å². The van der Waals surface area contributed by atoms with Gasteiger partial charge in [-0.25, -0.2) is 0 Å². The Morgan fingerprint density at radius 1 is 1.56 bits per heavy atom. The molecule has 88 valence electrons. The molecule has 0 radical (unpaired) electrons. The normalized spacial score (nSPS) is 13.4. The molecule has 1 aromatic heterocycles. The highest BCUT2D eigenvalue weighted by Gasteiger charge is 2.32. The maximum Gasteiger partial charge on any atom is 0.321 e. The van der Waals surface area contributed by atoms with Crippen LogP contribution in [0.25, 0.3) is 0 Å². The number of carboxylic acid groups (broad SMARTS) is 1. The zero-order valence-electron chi connectivity index (χ0n) is 9.38. The standard InChI is InChI=1S/C11H16N2O2S/c1-11(2,9(12)10(14)15)16-7-8-3-5-13-6-4-8/h3-6,9H,7,12H2,1-2H3,(H,14,15)/t9-/m1/s1. The third-order valence-corrected chi connectivity index (χ3v) is 3.85. The van der Waals surface area contributed by atoms with Gasteiger partial charge < -0.3 is 10.8 Å². The second-order valence-electron chi connectivity index (χ2n) is 4.06. The summed E-state index contributed by atoms with van der Waals surface area (Å²) < 4.78 is -0.491. The van der Waals surface area contributed by atoms with Crippen LogP contribution in [0.2, 0.25) is 0 Å². The average molecular weight is 240 g/mol. The first-order chi connectivity index (χ1) is 7.43. The number of rotatable bonds is 5. The second kappa shape index (κ2) is 5.32. The van der Waals surface area contributed by atoms with Crippen LogP contribution in [0.4, 0.5) is 0 Å². The fourth-order valence-electron chi connectivity index (χ4n) is 1.14. The average Bonchev–Trinajstić information content (AvgIpc) is 2.27. The van der Waals surface area contributed by atoms with Crippen LogP contribution in [0.5, 0.6) is 0 Å². The molecule has 0 unspecified atom stereocenters. The van der Waals surface area contributed by atoms with E-state index in [1.165, 1.54) is 11.8 Å². The Bertz CT molecular complexity index is 354. The zero-order chi connectivity index (χ0) is 12.2. The van der Waals surface area contributed by atoms with Crippen LogP contribution in [0.15, 0.2) is 24.5 Å². The third kappa shape index (κ3) is 3.50. The number of aromatic nitrogens is 1. The third-order valence-electron chi connectivity index (χ3n) is 2.38. The highest BCUT2D eigenvalue weighted by Crippen LogP contribution is 2.30. The topological polar surface area (TPSA) is 76.2 Å². The number of hydrogen-bond donors (Lipinski definition) is 2. The SMILES string of the molecule is CC(C)(SCc1ccncc1)[C@H](N)C(=O)O. The predicted molar refractivity (Wildman–Crippen MR) is 65.2 cm³/mol. The lowest BCUT2D eigenvalue weighted by molar-refractivity contribution is -0.139. The van der Waals surface area contributed by atoms with Crippen molar-refractivity contribution in [3.05, 3.63) is 30.1 Å². The lowest BCUT2D eigenvalue weighted by Gasteiger charge is -2.27. The second-order valence-corrected chi connectivity index (χ2v) is 5.69. The van der Waals surface area contributed by atoms with E-state index in [9.17, 15) is 4.79 Å². The number of thioether (sulfide) groups is 1. The molecule has 0 aliphatic carbocycles. The molecular formula is C11H16N2O2S. The molecule has 0 aromatic carbocycles. The molecule has 0 saturated heterocycles. The molecule has 16 heavy (non-hydrogen) atoms. The summed E-state index contributed by atoms with van der Waals surface area (Å²) in [6.45, 7) is 3.69. The summed E-state index contributed by atoms with van der Waals surface area (Å²) in [5, 5.41) is 8.87. The Morgan fingerprint density at radius 2 is 2.12 bits per heavy atom. The summed E-state index contributed by atoms with van der Waals surface area (Å²) in [7, 11) is 0. The number of carboxylic acids is 1. The lowest BCUT2D eigenvalue weighted by atomic mass is 10.1. The fraction of sp³-hybridized carbons (Fsp3) is 0.455. The van der Waals surface area contributed by atoms with Gasteiger partial charge >= 0.3 is 5.97 Å². The molecule has 1 atom stereocenters. The van der Waals surface area contributed by atoms with E-state index in [1.54, 1.807) is 12.4 Å². The van der Waals surface area contributed by atoms with Crippen molar-refractivity contribution in [3.63, 3.8) is 0 Å². The summed E-state index contributed by atoms with van der Waals surface area (Å²) in [6, 6.07) is 2.96. The van der Waals surface area contributed by atoms with Gasteiger partial charge in [0.2, 0.25) is 0 Å². The van der Waals surface area contributed by atoms with Gasteiger partial charge in [-0.3, -0.25) is 9.78 Å². The number of pyridine rings is 1. The van der Waals surface area contributed by atoms with Crippen molar-refractivity contribution in [1.29, 1.82) is 0 Å². The van der Waals surface area contributed by atoms with Crippen molar-refractivity contribution in [1.82, 2.24) is 4.98 Å². The van der Waals surface area contributed by atoms with Crippen molar-refractivity contribution in [2.75, 3.05) is 0 Å².